The molecule has 1 aromatic carbocycles. The number of carbonyl (C=O) groups excluding carboxylic acids is 1. The quantitative estimate of drug-likeness (QED) is 0.858. The van der Waals surface area contributed by atoms with Crippen molar-refractivity contribution in [1.82, 2.24) is 4.98 Å². The van der Waals surface area contributed by atoms with E-state index < -0.39 is 6.09 Å². The maximum Gasteiger partial charge on any atom is 0.411 e. The smallest absolute Gasteiger partial charge is 0.411 e. The minimum Gasteiger partial charge on any atom is -0.450 e. The minimum atomic E-state index is -0.510. The van der Waals surface area contributed by atoms with Crippen LogP contribution in [0.2, 0.25) is 0 Å². The zero-order valence-electron chi connectivity index (χ0n) is 12.3. The summed E-state index contributed by atoms with van der Waals surface area (Å²) >= 11 is 0. The Bertz CT molecular complexity index is 617. The van der Waals surface area contributed by atoms with E-state index in [1.54, 1.807) is 31.2 Å². The van der Waals surface area contributed by atoms with Crippen LogP contribution in [-0.4, -0.2) is 24.2 Å². The third-order valence-corrected chi connectivity index (χ3v) is 2.94. The monoisotopic (exact) mass is 303 g/mol. The predicted molar refractivity (Wildman–Crippen MR) is 83.5 cm³/mol. The molecule has 0 radical (unpaired) electrons. The van der Waals surface area contributed by atoms with Gasteiger partial charge in [0.25, 0.3) is 0 Å². The molecule has 5 nitrogen and oxygen atoms in total. The highest BCUT2D eigenvalue weighted by atomic mass is 19.1. The normalized spacial score (nSPS) is 10.1. The molecular formula is C16H18FN3O2. The third kappa shape index (κ3) is 4.73. The number of amides is 1. The van der Waals surface area contributed by atoms with Crippen molar-refractivity contribution in [3.63, 3.8) is 0 Å². The lowest BCUT2D eigenvalue weighted by Gasteiger charge is -2.08. The number of pyridine rings is 1. The van der Waals surface area contributed by atoms with Gasteiger partial charge in [0.05, 0.1) is 18.5 Å². The van der Waals surface area contributed by atoms with Crippen LogP contribution in [-0.2, 0) is 11.2 Å². The van der Waals surface area contributed by atoms with Crippen molar-refractivity contribution < 1.29 is 13.9 Å². The minimum absolute atomic E-state index is 0.203. The van der Waals surface area contributed by atoms with E-state index in [1.165, 1.54) is 12.3 Å². The zero-order valence-corrected chi connectivity index (χ0v) is 12.3. The number of carbonyl (C=O) groups is 1. The second-order valence-electron chi connectivity index (χ2n) is 4.55. The average molecular weight is 303 g/mol. The van der Waals surface area contributed by atoms with Gasteiger partial charge in [-0.25, -0.2) is 14.2 Å². The fraction of sp³-hybridized carbons (Fsp3) is 0.250. The molecule has 22 heavy (non-hydrogen) atoms. The number of anilines is 2. The van der Waals surface area contributed by atoms with Crippen molar-refractivity contribution in [3.8, 4) is 0 Å². The molecule has 1 aromatic heterocycles. The van der Waals surface area contributed by atoms with Crippen LogP contribution in [0.3, 0.4) is 0 Å². The van der Waals surface area contributed by atoms with Crippen LogP contribution in [0.25, 0.3) is 0 Å². The number of benzene rings is 1. The number of halogens is 1. The summed E-state index contributed by atoms with van der Waals surface area (Å²) in [6, 6.07) is 10.1. The summed E-state index contributed by atoms with van der Waals surface area (Å²) in [4.78, 5) is 15.4. The van der Waals surface area contributed by atoms with Gasteiger partial charge in [0.1, 0.15) is 11.6 Å². The van der Waals surface area contributed by atoms with Crippen LogP contribution >= 0.6 is 0 Å². The molecule has 0 aliphatic heterocycles. The fourth-order valence-electron chi connectivity index (χ4n) is 1.88. The Morgan fingerprint density at radius 2 is 2.09 bits per heavy atom. The topological polar surface area (TPSA) is 63.2 Å². The Morgan fingerprint density at radius 3 is 2.77 bits per heavy atom. The molecule has 0 aliphatic rings. The predicted octanol–water partition coefficient (Wildman–Crippen LogP) is 3.44. The molecule has 0 saturated heterocycles. The Kier molecular flexibility index (Phi) is 5.71. The van der Waals surface area contributed by atoms with Crippen LogP contribution in [0.1, 0.15) is 12.5 Å². The summed E-state index contributed by atoms with van der Waals surface area (Å²) in [5.41, 5.74) is 1.22. The van der Waals surface area contributed by atoms with Crippen molar-refractivity contribution in [2.24, 2.45) is 0 Å². The van der Waals surface area contributed by atoms with Gasteiger partial charge >= 0.3 is 6.09 Å². The molecule has 0 aliphatic carbocycles. The lowest BCUT2D eigenvalue weighted by Crippen LogP contribution is -2.13. The summed E-state index contributed by atoms with van der Waals surface area (Å²) in [5.74, 6) is 0.456. The zero-order chi connectivity index (χ0) is 15.8. The lowest BCUT2D eigenvalue weighted by atomic mass is 10.1. The maximum atomic E-state index is 13.5. The van der Waals surface area contributed by atoms with Gasteiger partial charge < -0.3 is 10.1 Å². The molecule has 2 rings (SSSR count). The molecule has 0 spiro atoms. The molecule has 2 aromatic rings. The Labute approximate surface area is 128 Å². The van der Waals surface area contributed by atoms with Crippen LogP contribution < -0.4 is 10.6 Å². The largest absolute Gasteiger partial charge is 0.450 e. The molecule has 0 bridgehead atoms. The van der Waals surface area contributed by atoms with Gasteiger partial charge in [-0.1, -0.05) is 18.2 Å². The van der Waals surface area contributed by atoms with Gasteiger partial charge in [0, 0.05) is 6.54 Å². The van der Waals surface area contributed by atoms with Crippen molar-refractivity contribution >= 4 is 17.6 Å². The molecule has 6 heteroatoms. The number of hydrogen-bond donors (Lipinski definition) is 2. The van der Waals surface area contributed by atoms with Gasteiger partial charge in [-0.15, -0.1) is 0 Å². The number of nitrogens with one attached hydrogen (secondary N) is 2. The SMILES string of the molecule is CCOC(=O)Nc1ccc(NCCc2ccccc2F)nc1. The standard InChI is InChI=1S/C16H18FN3O2/c1-2-22-16(21)20-13-7-8-15(19-11-13)18-10-9-12-5-3-4-6-14(12)17/h3-8,11H,2,9-10H2,1H3,(H,18,19)(H,20,21). The second-order valence-corrected chi connectivity index (χ2v) is 4.55. The molecule has 1 heterocycles. The highest BCUT2D eigenvalue weighted by molar-refractivity contribution is 5.84. The number of hydrogen-bond acceptors (Lipinski definition) is 4. The van der Waals surface area contributed by atoms with Crippen LogP contribution in [0, 0.1) is 5.82 Å². The van der Waals surface area contributed by atoms with Gasteiger partial charge in [-0.3, -0.25) is 5.32 Å². The van der Waals surface area contributed by atoms with Crippen LogP contribution in [0.4, 0.5) is 20.7 Å². The van der Waals surface area contributed by atoms with E-state index >= 15 is 0 Å². The van der Waals surface area contributed by atoms with Crippen molar-refractivity contribution in [3.05, 3.63) is 54.0 Å². The van der Waals surface area contributed by atoms with E-state index in [0.717, 1.165) is 0 Å². The number of aromatic nitrogens is 1. The first-order valence-corrected chi connectivity index (χ1v) is 7.06. The molecule has 2 N–H and O–H groups in total. The first kappa shape index (κ1) is 15.8. The molecular weight excluding hydrogens is 285 g/mol. The second kappa shape index (κ2) is 7.97. The van der Waals surface area contributed by atoms with Gasteiger partial charge in [0.2, 0.25) is 0 Å². The molecule has 0 saturated carbocycles. The summed E-state index contributed by atoms with van der Waals surface area (Å²) in [6.45, 7) is 2.62. The number of nitrogens with zero attached hydrogens (tertiary/aromatic N) is 1. The molecule has 0 atom stereocenters. The molecule has 1 amide bonds. The Hall–Kier alpha value is -2.63. The lowest BCUT2D eigenvalue weighted by molar-refractivity contribution is 0.168. The van der Waals surface area contributed by atoms with E-state index in [2.05, 4.69) is 15.6 Å². The average Bonchev–Trinajstić information content (AvgIpc) is 2.51. The third-order valence-electron chi connectivity index (χ3n) is 2.94. The first-order chi connectivity index (χ1) is 10.7. The van der Waals surface area contributed by atoms with E-state index in [0.29, 0.717) is 36.6 Å². The molecule has 116 valence electrons. The van der Waals surface area contributed by atoms with Crippen molar-refractivity contribution in [1.29, 1.82) is 0 Å². The summed E-state index contributed by atoms with van der Waals surface area (Å²) in [7, 11) is 0. The van der Waals surface area contributed by atoms with E-state index in [4.69, 9.17) is 4.74 Å². The summed E-state index contributed by atoms with van der Waals surface area (Å²) in [5, 5.41) is 5.66. The van der Waals surface area contributed by atoms with Gasteiger partial charge in [-0.2, -0.15) is 0 Å². The summed E-state index contributed by atoms with van der Waals surface area (Å²) < 4.78 is 18.2. The summed E-state index contributed by atoms with van der Waals surface area (Å²) in [6.07, 6.45) is 1.59. The Balaban J connectivity index is 1.81. The van der Waals surface area contributed by atoms with E-state index in [1.807, 2.05) is 6.07 Å². The number of ether oxygens (including phenoxy) is 1. The van der Waals surface area contributed by atoms with Crippen molar-refractivity contribution in [2.75, 3.05) is 23.8 Å². The van der Waals surface area contributed by atoms with Crippen LogP contribution in [0.15, 0.2) is 42.6 Å². The van der Waals surface area contributed by atoms with E-state index in [9.17, 15) is 9.18 Å². The number of rotatable bonds is 6. The fourth-order valence-corrected chi connectivity index (χ4v) is 1.88. The maximum absolute atomic E-state index is 13.5. The molecule has 0 unspecified atom stereocenters. The van der Waals surface area contributed by atoms with Crippen molar-refractivity contribution in [2.45, 2.75) is 13.3 Å². The molecule has 0 fully saturated rings. The Morgan fingerprint density at radius 1 is 1.27 bits per heavy atom. The highest BCUT2D eigenvalue weighted by Crippen LogP contribution is 2.11. The van der Waals surface area contributed by atoms with Gasteiger partial charge in [-0.05, 0) is 37.1 Å². The van der Waals surface area contributed by atoms with Crippen LogP contribution in [0.5, 0.6) is 0 Å². The first-order valence-electron chi connectivity index (χ1n) is 7.06. The highest BCUT2D eigenvalue weighted by Gasteiger charge is 2.03. The van der Waals surface area contributed by atoms with E-state index in [-0.39, 0.29) is 5.82 Å². The van der Waals surface area contributed by atoms with Gasteiger partial charge in [0.15, 0.2) is 0 Å².